The number of Topliss-reactive ketones (excluding diaryl/α,β-unsaturated/α-hetero) is 1. The number of sulfone groups is 1. The van der Waals surface area contributed by atoms with E-state index in [4.69, 9.17) is 0 Å². The normalized spacial score (nSPS) is 11.4. The second-order valence-corrected chi connectivity index (χ2v) is 6.61. The maximum atomic E-state index is 13.1. The summed E-state index contributed by atoms with van der Waals surface area (Å²) in [6.45, 7) is 1.84. The van der Waals surface area contributed by atoms with E-state index in [0.717, 1.165) is 17.7 Å². The number of aryl methyl sites for hydroxylation is 1. The highest BCUT2D eigenvalue weighted by Gasteiger charge is 2.21. The molecular weight excluding hydrogens is 298 g/mol. The van der Waals surface area contributed by atoms with Crippen LogP contribution in [-0.4, -0.2) is 20.0 Å². The second kappa shape index (κ2) is 5.73. The van der Waals surface area contributed by atoms with Crippen molar-refractivity contribution in [1.82, 2.24) is 0 Å². The van der Waals surface area contributed by atoms with Crippen LogP contribution in [0.25, 0.3) is 0 Å². The topological polar surface area (TPSA) is 51.2 Å². The lowest BCUT2D eigenvalue weighted by atomic mass is 10.1. The molecule has 0 aromatic heterocycles. The smallest absolute Gasteiger partial charge is 0.185 e. The number of carbonyl (C=O) groups excluding carboxylic acids is 1. The summed E-state index contributed by atoms with van der Waals surface area (Å²) in [6.07, 6.45) is 0. The Morgan fingerprint density at radius 3 is 2.19 bits per heavy atom. The van der Waals surface area contributed by atoms with Crippen LogP contribution in [0.3, 0.4) is 0 Å². The first-order valence-electron chi connectivity index (χ1n) is 6.07. The molecule has 3 nitrogen and oxygen atoms in total. The predicted molar refractivity (Wildman–Crippen MR) is 73.9 cm³/mol. The van der Waals surface area contributed by atoms with Gasteiger partial charge in [-0.1, -0.05) is 29.8 Å². The maximum absolute atomic E-state index is 13.1. The molecule has 0 fully saturated rings. The van der Waals surface area contributed by atoms with Crippen LogP contribution in [0.2, 0.25) is 0 Å². The largest absolute Gasteiger partial charge is 0.293 e. The summed E-state index contributed by atoms with van der Waals surface area (Å²) >= 11 is 0. The van der Waals surface area contributed by atoms with Crippen molar-refractivity contribution in [3.8, 4) is 0 Å². The number of rotatable bonds is 4. The fraction of sp³-hybridized carbons (Fsp3) is 0.133. The van der Waals surface area contributed by atoms with Gasteiger partial charge in [-0.15, -0.1) is 0 Å². The summed E-state index contributed by atoms with van der Waals surface area (Å²) < 4.78 is 50.0. The number of hydrogen-bond acceptors (Lipinski definition) is 3. The van der Waals surface area contributed by atoms with Gasteiger partial charge in [0.2, 0.25) is 0 Å². The third-order valence-electron chi connectivity index (χ3n) is 2.94. The zero-order valence-electron chi connectivity index (χ0n) is 11.1. The van der Waals surface area contributed by atoms with E-state index < -0.39 is 37.9 Å². The highest BCUT2D eigenvalue weighted by Crippen LogP contribution is 2.16. The molecule has 21 heavy (non-hydrogen) atoms. The fourth-order valence-electron chi connectivity index (χ4n) is 1.75. The number of hydrogen-bond donors (Lipinski definition) is 0. The molecule has 2 rings (SSSR count). The van der Waals surface area contributed by atoms with Crippen molar-refractivity contribution >= 4 is 15.6 Å². The highest BCUT2D eigenvalue weighted by molar-refractivity contribution is 7.92. The molecule has 0 aliphatic rings. The highest BCUT2D eigenvalue weighted by atomic mass is 32.2. The molecule has 2 aromatic carbocycles. The summed E-state index contributed by atoms with van der Waals surface area (Å²) in [5.41, 5.74) is 1.20. The van der Waals surface area contributed by atoms with Gasteiger partial charge in [0.05, 0.1) is 4.90 Å². The summed E-state index contributed by atoms with van der Waals surface area (Å²) in [4.78, 5) is 11.5. The Kier molecular flexibility index (Phi) is 4.18. The molecule has 110 valence electrons. The Morgan fingerprint density at radius 2 is 1.62 bits per heavy atom. The van der Waals surface area contributed by atoms with Crippen molar-refractivity contribution in [3.63, 3.8) is 0 Å². The minimum absolute atomic E-state index is 0.256. The van der Waals surface area contributed by atoms with Gasteiger partial charge in [0, 0.05) is 5.56 Å². The van der Waals surface area contributed by atoms with Crippen molar-refractivity contribution in [2.75, 3.05) is 5.75 Å². The third kappa shape index (κ3) is 3.52. The summed E-state index contributed by atoms with van der Waals surface area (Å²) in [6, 6.07) is 8.67. The van der Waals surface area contributed by atoms with E-state index in [9.17, 15) is 22.0 Å². The van der Waals surface area contributed by atoms with Gasteiger partial charge in [0.1, 0.15) is 5.75 Å². The molecule has 6 heteroatoms. The van der Waals surface area contributed by atoms with Gasteiger partial charge in [0.25, 0.3) is 0 Å². The van der Waals surface area contributed by atoms with Crippen LogP contribution in [0, 0.1) is 18.6 Å². The van der Waals surface area contributed by atoms with E-state index in [1.807, 2.05) is 6.92 Å². The van der Waals surface area contributed by atoms with Crippen LogP contribution < -0.4 is 0 Å². The van der Waals surface area contributed by atoms with E-state index >= 15 is 0 Å². The van der Waals surface area contributed by atoms with Crippen LogP contribution in [0.1, 0.15) is 15.9 Å². The quantitative estimate of drug-likeness (QED) is 0.644. The molecule has 0 aliphatic heterocycles. The van der Waals surface area contributed by atoms with Crippen LogP contribution in [0.4, 0.5) is 8.78 Å². The molecule has 0 atom stereocenters. The van der Waals surface area contributed by atoms with E-state index in [1.165, 1.54) is 12.1 Å². The Bertz CT molecular complexity index is 781. The lowest BCUT2D eigenvalue weighted by Gasteiger charge is -2.05. The SMILES string of the molecule is Cc1ccc(C(=O)CS(=O)(=O)c2ccc(F)c(F)c2)cc1. The molecule has 0 amide bonds. The zero-order chi connectivity index (χ0) is 15.6. The first-order chi connectivity index (χ1) is 9.79. The molecule has 2 aromatic rings. The lowest BCUT2D eigenvalue weighted by Crippen LogP contribution is -2.16. The minimum Gasteiger partial charge on any atom is -0.293 e. The number of benzene rings is 2. The standard InChI is InChI=1S/C15H12F2O3S/c1-10-2-4-11(5-3-10)15(18)9-21(19,20)12-6-7-13(16)14(17)8-12/h2-8H,9H2,1H3. The van der Waals surface area contributed by atoms with Crippen molar-refractivity contribution in [3.05, 3.63) is 65.2 Å². The van der Waals surface area contributed by atoms with Crippen LogP contribution in [0.5, 0.6) is 0 Å². The van der Waals surface area contributed by atoms with Gasteiger partial charge >= 0.3 is 0 Å². The van der Waals surface area contributed by atoms with Crippen LogP contribution in [-0.2, 0) is 9.84 Å². The molecule has 0 unspecified atom stereocenters. The molecule has 0 heterocycles. The summed E-state index contributed by atoms with van der Waals surface area (Å²) in [5.74, 6) is -3.79. The van der Waals surface area contributed by atoms with Gasteiger partial charge < -0.3 is 0 Å². The van der Waals surface area contributed by atoms with E-state index in [2.05, 4.69) is 0 Å². The molecule has 0 spiro atoms. The molecule has 0 saturated carbocycles. The van der Waals surface area contributed by atoms with Crippen LogP contribution >= 0.6 is 0 Å². The average molecular weight is 310 g/mol. The predicted octanol–water partition coefficient (Wildman–Crippen LogP) is 2.93. The van der Waals surface area contributed by atoms with Crippen molar-refractivity contribution in [2.45, 2.75) is 11.8 Å². The van der Waals surface area contributed by atoms with Crippen molar-refractivity contribution < 1.29 is 22.0 Å². The summed E-state index contributed by atoms with van der Waals surface area (Å²) in [5, 5.41) is 0. The van der Waals surface area contributed by atoms with Gasteiger partial charge in [-0.2, -0.15) is 0 Å². The van der Waals surface area contributed by atoms with Gasteiger partial charge in [0.15, 0.2) is 27.3 Å². The molecule has 0 bridgehead atoms. The molecule has 0 radical (unpaired) electrons. The number of ketones is 1. The Balaban J connectivity index is 2.26. The third-order valence-corrected chi connectivity index (χ3v) is 4.56. The Labute approximate surface area is 121 Å². The second-order valence-electron chi connectivity index (χ2n) is 4.62. The first-order valence-corrected chi connectivity index (χ1v) is 7.72. The average Bonchev–Trinajstić information content (AvgIpc) is 2.42. The fourth-order valence-corrected chi connectivity index (χ4v) is 2.99. The maximum Gasteiger partial charge on any atom is 0.185 e. The van der Waals surface area contributed by atoms with Crippen LogP contribution in [0.15, 0.2) is 47.4 Å². The monoisotopic (exact) mass is 310 g/mol. The van der Waals surface area contributed by atoms with Crippen molar-refractivity contribution in [1.29, 1.82) is 0 Å². The van der Waals surface area contributed by atoms with Gasteiger partial charge in [-0.05, 0) is 25.1 Å². The van der Waals surface area contributed by atoms with E-state index in [0.29, 0.717) is 6.07 Å². The molecule has 0 saturated heterocycles. The first kappa shape index (κ1) is 15.3. The number of carbonyl (C=O) groups is 1. The van der Waals surface area contributed by atoms with Gasteiger partial charge in [-0.3, -0.25) is 4.79 Å². The minimum atomic E-state index is -4.01. The molecular formula is C15H12F2O3S. The van der Waals surface area contributed by atoms with E-state index in [1.54, 1.807) is 12.1 Å². The summed E-state index contributed by atoms with van der Waals surface area (Å²) in [7, 11) is -4.01. The lowest BCUT2D eigenvalue weighted by molar-refractivity contribution is 0.102. The van der Waals surface area contributed by atoms with Crippen molar-refractivity contribution in [2.24, 2.45) is 0 Å². The Morgan fingerprint density at radius 1 is 1.00 bits per heavy atom. The molecule has 0 aliphatic carbocycles. The van der Waals surface area contributed by atoms with E-state index in [-0.39, 0.29) is 5.56 Å². The molecule has 0 N–H and O–H groups in total. The number of halogens is 2. The Hall–Kier alpha value is -2.08. The zero-order valence-corrected chi connectivity index (χ0v) is 12.0. The van der Waals surface area contributed by atoms with Gasteiger partial charge in [-0.25, -0.2) is 17.2 Å².